The Morgan fingerprint density at radius 1 is 1.32 bits per heavy atom. The van der Waals surface area contributed by atoms with Crippen LogP contribution in [0.1, 0.15) is 67.2 Å². The summed E-state index contributed by atoms with van der Waals surface area (Å²) in [4.78, 5) is 17.0. The predicted octanol–water partition coefficient (Wildman–Crippen LogP) is 4.51. The maximum absolute atomic E-state index is 12.1. The summed E-state index contributed by atoms with van der Waals surface area (Å²) in [5, 5.41) is 9.97. The van der Waals surface area contributed by atoms with E-state index in [4.69, 9.17) is 4.74 Å². The Labute approximate surface area is 171 Å². The number of rotatable bonds is 8. The quantitative estimate of drug-likeness (QED) is 0.659. The molecule has 5 heteroatoms. The molecule has 28 heavy (non-hydrogen) atoms. The van der Waals surface area contributed by atoms with E-state index in [1.807, 2.05) is 6.92 Å². The second-order valence-corrected chi connectivity index (χ2v) is 9.61. The van der Waals surface area contributed by atoms with Gasteiger partial charge in [0.15, 0.2) is 0 Å². The van der Waals surface area contributed by atoms with Gasteiger partial charge in [0.05, 0.1) is 18.8 Å². The third-order valence-corrected chi connectivity index (χ3v) is 5.95. The Kier molecular flexibility index (Phi) is 8.14. The highest BCUT2D eigenvalue weighted by Crippen LogP contribution is 2.34. The normalized spacial score (nSPS) is 23.0. The van der Waals surface area contributed by atoms with Crippen LogP contribution in [0.4, 0.5) is 0 Å². The number of ether oxygens (including phenoxy) is 1. The first-order valence-corrected chi connectivity index (χ1v) is 10.9. The Morgan fingerprint density at radius 3 is 2.50 bits per heavy atom. The number of hydrogen-bond acceptors (Lipinski definition) is 4. The first-order valence-electron chi connectivity index (χ1n) is 10.9. The molecule has 160 valence electrons. The number of aliphatic carboxylic acids is 1. The number of carbonyl (C=O) groups is 1. The van der Waals surface area contributed by atoms with Crippen LogP contribution in [0.5, 0.6) is 0 Å². The van der Waals surface area contributed by atoms with Crippen molar-refractivity contribution in [2.45, 2.75) is 73.4 Å². The minimum atomic E-state index is -0.798. The first-order chi connectivity index (χ1) is 13.1. The zero-order chi connectivity index (χ0) is 20.9. The van der Waals surface area contributed by atoms with Crippen molar-refractivity contribution < 1.29 is 14.6 Å². The fourth-order valence-corrected chi connectivity index (χ4v) is 4.11. The maximum atomic E-state index is 12.1. The SMILES string of the molecule is CCC(C)CC1=C(C(=O)O)C(C)=CC(N2CCOCC2)N1CCCC(C)(C)C. The van der Waals surface area contributed by atoms with Crippen molar-refractivity contribution in [3.05, 3.63) is 22.9 Å². The molecule has 0 bridgehead atoms. The van der Waals surface area contributed by atoms with Crippen LogP contribution < -0.4 is 0 Å². The molecule has 1 fully saturated rings. The molecule has 1 N–H and O–H groups in total. The number of carboxylic acids is 1. The third kappa shape index (κ3) is 6.08. The molecule has 0 aromatic rings. The molecule has 0 amide bonds. The van der Waals surface area contributed by atoms with Crippen molar-refractivity contribution in [3.8, 4) is 0 Å². The highest BCUT2D eigenvalue weighted by molar-refractivity contribution is 5.92. The zero-order valence-corrected chi connectivity index (χ0v) is 18.8. The van der Waals surface area contributed by atoms with E-state index < -0.39 is 5.97 Å². The Hall–Kier alpha value is -1.33. The summed E-state index contributed by atoms with van der Waals surface area (Å²) in [6, 6.07) is 0. The van der Waals surface area contributed by atoms with Gasteiger partial charge in [-0.25, -0.2) is 4.79 Å². The Balaban J connectivity index is 2.37. The van der Waals surface area contributed by atoms with Gasteiger partial charge in [-0.05, 0) is 49.2 Å². The van der Waals surface area contributed by atoms with Crippen molar-refractivity contribution in [3.63, 3.8) is 0 Å². The highest BCUT2D eigenvalue weighted by Gasteiger charge is 2.34. The molecule has 2 aliphatic rings. The summed E-state index contributed by atoms with van der Waals surface area (Å²) < 4.78 is 5.56. The van der Waals surface area contributed by atoms with E-state index in [9.17, 15) is 9.90 Å². The molecule has 0 aliphatic carbocycles. The van der Waals surface area contributed by atoms with Gasteiger partial charge >= 0.3 is 5.97 Å². The van der Waals surface area contributed by atoms with Gasteiger partial charge in [0, 0.05) is 25.3 Å². The van der Waals surface area contributed by atoms with Gasteiger partial charge in [-0.15, -0.1) is 0 Å². The van der Waals surface area contributed by atoms with E-state index in [-0.39, 0.29) is 11.6 Å². The second kappa shape index (κ2) is 9.93. The summed E-state index contributed by atoms with van der Waals surface area (Å²) in [5.41, 5.74) is 2.72. The number of morpholine rings is 1. The van der Waals surface area contributed by atoms with Gasteiger partial charge in [-0.1, -0.05) is 41.0 Å². The van der Waals surface area contributed by atoms with E-state index in [0.29, 0.717) is 11.5 Å². The molecular formula is C23H40N2O3. The van der Waals surface area contributed by atoms with Gasteiger partial charge in [0.25, 0.3) is 0 Å². The molecule has 0 aromatic carbocycles. The molecule has 2 aliphatic heterocycles. The van der Waals surface area contributed by atoms with Crippen LogP contribution in [0.15, 0.2) is 22.9 Å². The van der Waals surface area contributed by atoms with Crippen LogP contribution in [0.2, 0.25) is 0 Å². The molecule has 2 rings (SSSR count). The molecule has 2 heterocycles. The first kappa shape index (κ1) is 23.0. The van der Waals surface area contributed by atoms with E-state index in [1.54, 1.807) is 0 Å². The maximum Gasteiger partial charge on any atom is 0.337 e. The summed E-state index contributed by atoms with van der Waals surface area (Å²) in [7, 11) is 0. The summed E-state index contributed by atoms with van der Waals surface area (Å²) >= 11 is 0. The molecule has 5 nitrogen and oxygen atoms in total. The van der Waals surface area contributed by atoms with Crippen molar-refractivity contribution >= 4 is 5.97 Å². The van der Waals surface area contributed by atoms with Gasteiger partial charge < -0.3 is 14.7 Å². The number of hydrogen-bond donors (Lipinski definition) is 1. The minimum Gasteiger partial charge on any atom is -0.478 e. The summed E-state index contributed by atoms with van der Waals surface area (Å²) in [6.07, 6.45) is 6.35. The summed E-state index contributed by atoms with van der Waals surface area (Å²) in [6.45, 7) is 17.3. The molecular weight excluding hydrogens is 352 g/mol. The molecule has 0 spiro atoms. The highest BCUT2D eigenvalue weighted by atomic mass is 16.5. The van der Waals surface area contributed by atoms with E-state index in [1.165, 1.54) is 0 Å². The molecule has 0 aromatic heterocycles. The van der Waals surface area contributed by atoms with Crippen LogP contribution in [-0.2, 0) is 9.53 Å². The molecule has 0 saturated carbocycles. The predicted molar refractivity (Wildman–Crippen MR) is 114 cm³/mol. The lowest BCUT2D eigenvalue weighted by Crippen LogP contribution is -2.53. The van der Waals surface area contributed by atoms with Gasteiger partial charge in [0.2, 0.25) is 0 Å². The second-order valence-electron chi connectivity index (χ2n) is 9.61. The largest absolute Gasteiger partial charge is 0.478 e. The van der Waals surface area contributed by atoms with Crippen LogP contribution in [0.25, 0.3) is 0 Å². The minimum absolute atomic E-state index is 0.131. The van der Waals surface area contributed by atoms with Crippen LogP contribution in [0, 0.1) is 11.3 Å². The van der Waals surface area contributed by atoms with E-state index in [2.05, 4.69) is 50.5 Å². The molecule has 2 unspecified atom stereocenters. The van der Waals surface area contributed by atoms with Crippen LogP contribution in [0.3, 0.4) is 0 Å². The average molecular weight is 393 g/mol. The lowest BCUT2D eigenvalue weighted by molar-refractivity contribution is -0.132. The fraction of sp³-hybridized carbons (Fsp3) is 0.783. The third-order valence-electron chi connectivity index (χ3n) is 5.95. The number of allylic oxidation sites excluding steroid dienone is 1. The Morgan fingerprint density at radius 2 is 1.96 bits per heavy atom. The van der Waals surface area contributed by atoms with E-state index >= 15 is 0 Å². The number of carboxylic acid groups (broad SMARTS) is 1. The van der Waals surface area contributed by atoms with Crippen molar-refractivity contribution in [1.82, 2.24) is 9.80 Å². The molecule has 0 radical (unpaired) electrons. The lowest BCUT2D eigenvalue weighted by atomic mass is 9.89. The monoisotopic (exact) mass is 392 g/mol. The standard InChI is InChI=1S/C23H40N2O3/c1-7-17(2)15-19-21(22(26)27)18(3)16-20(24-11-13-28-14-12-24)25(19)10-8-9-23(4,5)6/h16-17,20H,7-15H2,1-6H3,(H,26,27). The topological polar surface area (TPSA) is 53.0 Å². The van der Waals surface area contributed by atoms with Crippen LogP contribution >= 0.6 is 0 Å². The van der Waals surface area contributed by atoms with Gasteiger partial charge in [0.1, 0.15) is 6.17 Å². The van der Waals surface area contributed by atoms with E-state index in [0.717, 1.165) is 69.8 Å². The Bertz CT molecular complexity index is 597. The van der Waals surface area contributed by atoms with Gasteiger partial charge in [-0.3, -0.25) is 4.90 Å². The van der Waals surface area contributed by atoms with Crippen molar-refractivity contribution in [1.29, 1.82) is 0 Å². The van der Waals surface area contributed by atoms with Crippen LogP contribution in [-0.4, -0.2) is 59.9 Å². The number of nitrogens with zero attached hydrogens (tertiary/aromatic N) is 2. The fourth-order valence-electron chi connectivity index (χ4n) is 4.11. The van der Waals surface area contributed by atoms with Gasteiger partial charge in [-0.2, -0.15) is 0 Å². The van der Waals surface area contributed by atoms with Crippen molar-refractivity contribution in [2.75, 3.05) is 32.8 Å². The zero-order valence-electron chi connectivity index (χ0n) is 18.8. The van der Waals surface area contributed by atoms with Crippen molar-refractivity contribution in [2.24, 2.45) is 11.3 Å². The molecule has 1 saturated heterocycles. The smallest absolute Gasteiger partial charge is 0.337 e. The lowest BCUT2D eigenvalue weighted by Gasteiger charge is -2.45. The average Bonchev–Trinajstić information content (AvgIpc) is 2.62. The summed E-state index contributed by atoms with van der Waals surface area (Å²) in [5.74, 6) is -0.334. The molecule has 2 atom stereocenters.